The van der Waals surface area contributed by atoms with Crippen LogP contribution in [0.3, 0.4) is 0 Å². The number of hydrogen-bond acceptors (Lipinski definition) is 4. The number of hydrogen-bond donors (Lipinski definition) is 2. The molecule has 36 heavy (non-hydrogen) atoms. The van der Waals surface area contributed by atoms with Gasteiger partial charge in [-0.2, -0.15) is 4.99 Å². The van der Waals surface area contributed by atoms with E-state index in [0.717, 1.165) is 35.2 Å². The van der Waals surface area contributed by atoms with Gasteiger partial charge < -0.3 is 15.1 Å². The summed E-state index contributed by atoms with van der Waals surface area (Å²) >= 11 is 24.1. The molecule has 0 bridgehead atoms. The lowest BCUT2D eigenvalue weighted by molar-refractivity contribution is 0.385. The number of rotatable bonds is 3. The van der Waals surface area contributed by atoms with Crippen LogP contribution in [0.2, 0.25) is 15.1 Å². The second kappa shape index (κ2) is 11.6. The van der Waals surface area contributed by atoms with E-state index in [0.29, 0.717) is 40.7 Å². The van der Waals surface area contributed by atoms with Crippen molar-refractivity contribution in [1.29, 1.82) is 0 Å². The zero-order valence-electron chi connectivity index (χ0n) is 20.1. The first-order valence-electron chi connectivity index (χ1n) is 11.4. The van der Waals surface area contributed by atoms with Crippen molar-refractivity contribution < 1.29 is 0 Å². The van der Waals surface area contributed by atoms with E-state index in [9.17, 15) is 0 Å². The Hall–Kier alpha value is -2.65. The van der Waals surface area contributed by atoms with Gasteiger partial charge in [-0.05, 0) is 75.0 Å². The Balaban J connectivity index is 1.56. The molecule has 1 aliphatic heterocycles. The third-order valence-electron chi connectivity index (χ3n) is 5.68. The van der Waals surface area contributed by atoms with Gasteiger partial charge in [0.1, 0.15) is 0 Å². The average Bonchev–Trinajstić information content (AvgIpc) is 2.81. The van der Waals surface area contributed by atoms with E-state index in [2.05, 4.69) is 42.3 Å². The van der Waals surface area contributed by atoms with E-state index in [1.165, 1.54) is 5.56 Å². The molecule has 188 valence electrons. The number of aryl methyl sites for hydroxylation is 3. The van der Waals surface area contributed by atoms with Gasteiger partial charge in [-0.25, -0.2) is 9.97 Å². The van der Waals surface area contributed by atoms with Crippen molar-refractivity contribution in [3.8, 4) is 0 Å². The number of guanidine groups is 1. The standard InChI is InChI=1S/C25H26Cl3N7S/c1-15-4-5-19(27)14-22(15)34-8-10-35(11-9-34)24(32-23-29-16(2)12-17(3)30-23)33-25(36)31-21-7-6-18(26)13-20(21)28/h4-7,12-14H,8-11H2,1-3H3,(H2,29,30,31,32,33,36). The molecule has 2 aromatic carbocycles. The molecule has 1 fully saturated rings. The number of nitrogens with zero attached hydrogens (tertiary/aromatic N) is 5. The van der Waals surface area contributed by atoms with Crippen molar-refractivity contribution in [2.75, 3.05) is 41.7 Å². The van der Waals surface area contributed by atoms with Crippen molar-refractivity contribution in [2.45, 2.75) is 20.8 Å². The lowest BCUT2D eigenvalue weighted by Crippen LogP contribution is -2.51. The molecule has 2 N–H and O–H groups in total. The van der Waals surface area contributed by atoms with Crippen LogP contribution in [-0.4, -0.2) is 52.1 Å². The van der Waals surface area contributed by atoms with Crippen LogP contribution >= 0.6 is 47.0 Å². The number of nitrogens with one attached hydrogen (secondary N) is 2. The Labute approximate surface area is 231 Å². The second-order valence-electron chi connectivity index (χ2n) is 8.49. The van der Waals surface area contributed by atoms with E-state index in [1.54, 1.807) is 18.2 Å². The van der Waals surface area contributed by atoms with Crippen LogP contribution in [0.25, 0.3) is 0 Å². The first-order valence-corrected chi connectivity index (χ1v) is 12.9. The number of aromatic nitrogens is 2. The molecule has 7 nitrogen and oxygen atoms in total. The Morgan fingerprint density at radius 3 is 2.17 bits per heavy atom. The molecule has 2 heterocycles. The number of benzene rings is 2. The van der Waals surface area contributed by atoms with E-state index in [-0.39, 0.29) is 5.11 Å². The minimum Gasteiger partial charge on any atom is -0.368 e. The van der Waals surface area contributed by atoms with Crippen LogP contribution in [0, 0.1) is 20.8 Å². The molecule has 4 rings (SSSR count). The SMILES string of the molecule is Cc1cc(C)nc(N/C(=N/C(=S)Nc2ccc(Cl)cc2Cl)N2CCN(c3cc(Cl)ccc3C)CC2)n1. The summed E-state index contributed by atoms with van der Waals surface area (Å²) in [7, 11) is 0. The monoisotopic (exact) mass is 561 g/mol. The highest BCUT2D eigenvalue weighted by Gasteiger charge is 2.23. The van der Waals surface area contributed by atoms with Gasteiger partial charge in [-0.1, -0.05) is 40.9 Å². The van der Waals surface area contributed by atoms with Gasteiger partial charge in [-0.3, -0.25) is 5.32 Å². The van der Waals surface area contributed by atoms with E-state index in [4.69, 9.17) is 47.0 Å². The highest BCUT2D eigenvalue weighted by Crippen LogP contribution is 2.27. The van der Waals surface area contributed by atoms with Gasteiger partial charge in [-0.15, -0.1) is 0 Å². The van der Waals surface area contributed by atoms with Crippen molar-refractivity contribution in [2.24, 2.45) is 4.99 Å². The molecule has 3 aromatic rings. The van der Waals surface area contributed by atoms with Crippen LogP contribution in [0.15, 0.2) is 47.5 Å². The minimum absolute atomic E-state index is 0.249. The highest BCUT2D eigenvalue weighted by molar-refractivity contribution is 7.80. The van der Waals surface area contributed by atoms with Gasteiger partial charge in [0.25, 0.3) is 0 Å². The largest absolute Gasteiger partial charge is 0.368 e. The first-order chi connectivity index (χ1) is 17.2. The minimum atomic E-state index is 0.249. The summed E-state index contributed by atoms with van der Waals surface area (Å²) in [5, 5.41) is 8.34. The highest BCUT2D eigenvalue weighted by atomic mass is 35.5. The van der Waals surface area contributed by atoms with Crippen molar-refractivity contribution in [1.82, 2.24) is 14.9 Å². The molecule has 0 atom stereocenters. The number of aliphatic imine (C=N–C) groups is 1. The number of anilines is 3. The summed E-state index contributed by atoms with van der Waals surface area (Å²) in [6.45, 7) is 8.96. The fraction of sp³-hybridized carbons (Fsp3) is 0.280. The fourth-order valence-corrected chi connectivity index (χ4v) is 4.79. The Kier molecular flexibility index (Phi) is 8.51. The summed E-state index contributed by atoms with van der Waals surface area (Å²) in [6.07, 6.45) is 0. The molecule has 0 amide bonds. The van der Waals surface area contributed by atoms with Gasteiger partial charge in [0.2, 0.25) is 17.0 Å². The average molecular weight is 563 g/mol. The van der Waals surface area contributed by atoms with Crippen LogP contribution < -0.4 is 15.5 Å². The van der Waals surface area contributed by atoms with Gasteiger partial charge >= 0.3 is 0 Å². The summed E-state index contributed by atoms with van der Waals surface area (Å²) in [6, 6.07) is 13.0. The zero-order chi connectivity index (χ0) is 25.8. The lowest BCUT2D eigenvalue weighted by atomic mass is 10.1. The summed E-state index contributed by atoms with van der Waals surface area (Å²) in [5.74, 6) is 1.02. The molecular formula is C25H26Cl3N7S. The number of thiocarbonyl (C=S) groups is 1. The molecule has 1 aromatic heterocycles. The maximum Gasteiger partial charge on any atom is 0.229 e. The molecule has 0 unspecified atom stereocenters. The Morgan fingerprint density at radius 1 is 0.861 bits per heavy atom. The first kappa shape index (κ1) is 26.4. The van der Waals surface area contributed by atoms with E-state index < -0.39 is 0 Å². The van der Waals surface area contributed by atoms with Gasteiger partial charge in [0, 0.05) is 53.3 Å². The molecule has 1 aliphatic rings. The molecule has 0 spiro atoms. The fourth-order valence-electron chi connectivity index (χ4n) is 3.97. The summed E-state index contributed by atoms with van der Waals surface area (Å²) in [4.78, 5) is 18.2. The molecule has 1 saturated heterocycles. The van der Waals surface area contributed by atoms with Crippen LogP contribution in [0.5, 0.6) is 0 Å². The lowest BCUT2D eigenvalue weighted by Gasteiger charge is -2.38. The normalized spacial score (nSPS) is 14.1. The molecule has 0 saturated carbocycles. The summed E-state index contributed by atoms with van der Waals surface area (Å²) in [5.41, 5.74) is 4.67. The maximum absolute atomic E-state index is 6.31. The van der Waals surface area contributed by atoms with E-state index in [1.807, 2.05) is 38.1 Å². The second-order valence-corrected chi connectivity index (χ2v) is 10.2. The summed E-state index contributed by atoms with van der Waals surface area (Å²) < 4.78 is 0. The van der Waals surface area contributed by atoms with Gasteiger partial charge in [0.15, 0.2) is 0 Å². The van der Waals surface area contributed by atoms with Gasteiger partial charge in [0.05, 0.1) is 10.7 Å². The molecular weight excluding hydrogens is 537 g/mol. The molecule has 11 heteroatoms. The molecule has 0 radical (unpaired) electrons. The number of piperazine rings is 1. The Bertz CT molecular complexity index is 1290. The predicted octanol–water partition coefficient (Wildman–Crippen LogP) is 6.35. The van der Waals surface area contributed by atoms with Crippen molar-refractivity contribution in [3.05, 3.63) is 74.5 Å². The van der Waals surface area contributed by atoms with Crippen molar-refractivity contribution in [3.63, 3.8) is 0 Å². The predicted molar refractivity (Wildman–Crippen MR) is 155 cm³/mol. The third kappa shape index (κ3) is 6.76. The van der Waals surface area contributed by atoms with E-state index >= 15 is 0 Å². The zero-order valence-corrected chi connectivity index (χ0v) is 23.2. The molecule has 0 aliphatic carbocycles. The van der Waals surface area contributed by atoms with Crippen LogP contribution in [0.1, 0.15) is 17.0 Å². The smallest absolute Gasteiger partial charge is 0.229 e. The van der Waals surface area contributed by atoms with Crippen molar-refractivity contribution >= 4 is 75.4 Å². The van der Waals surface area contributed by atoms with Crippen LogP contribution in [-0.2, 0) is 0 Å². The third-order valence-corrected chi connectivity index (χ3v) is 6.65. The maximum atomic E-state index is 6.31. The topological polar surface area (TPSA) is 68.7 Å². The van der Waals surface area contributed by atoms with Crippen LogP contribution in [0.4, 0.5) is 17.3 Å². The Morgan fingerprint density at radius 2 is 1.50 bits per heavy atom. The quantitative estimate of drug-likeness (QED) is 0.219. The number of halogens is 3.